The standard InChI is InChI=1S/C6H3Cl2NO2/c7-3-1-2-4(6(10)11)9-5(3)8/h1-2H,(H,10,11). The van der Waals surface area contributed by atoms with Crippen molar-refractivity contribution in [3.63, 3.8) is 0 Å². The van der Waals surface area contributed by atoms with Crippen molar-refractivity contribution >= 4 is 29.2 Å². The predicted molar refractivity (Wildman–Crippen MR) is 41.2 cm³/mol. The Morgan fingerprint density at radius 2 is 2.09 bits per heavy atom. The number of carboxylic acid groups (broad SMARTS) is 1. The van der Waals surface area contributed by atoms with E-state index in [9.17, 15) is 4.79 Å². The molecule has 0 aliphatic heterocycles. The average molecular weight is 192 g/mol. The second kappa shape index (κ2) is 3.07. The molecule has 0 amide bonds. The van der Waals surface area contributed by atoms with Gasteiger partial charge >= 0.3 is 5.97 Å². The van der Waals surface area contributed by atoms with Gasteiger partial charge in [-0.3, -0.25) is 0 Å². The molecule has 0 saturated heterocycles. The number of aromatic carboxylic acids is 1. The van der Waals surface area contributed by atoms with E-state index in [0.717, 1.165) is 0 Å². The Labute approximate surface area is 72.6 Å². The van der Waals surface area contributed by atoms with Crippen molar-refractivity contribution in [2.45, 2.75) is 0 Å². The van der Waals surface area contributed by atoms with Crippen molar-refractivity contribution in [3.05, 3.63) is 28.0 Å². The minimum Gasteiger partial charge on any atom is -0.477 e. The van der Waals surface area contributed by atoms with Crippen molar-refractivity contribution in [2.24, 2.45) is 0 Å². The molecule has 0 radical (unpaired) electrons. The van der Waals surface area contributed by atoms with Crippen LogP contribution in [0.1, 0.15) is 10.5 Å². The highest BCUT2D eigenvalue weighted by molar-refractivity contribution is 6.41. The maximum Gasteiger partial charge on any atom is 0.354 e. The predicted octanol–water partition coefficient (Wildman–Crippen LogP) is 2.09. The van der Waals surface area contributed by atoms with Crippen molar-refractivity contribution in [1.29, 1.82) is 0 Å². The lowest BCUT2D eigenvalue weighted by atomic mass is 10.4. The first-order valence-electron chi connectivity index (χ1n) is 2.66. The summed E-state index contributed by atoms with van der Waals surface area (Å²) in [5.74, 6) is -1.12. The van der Waals surface area contributed by atoms with Crippen LogP contribution >= 0.6 is 23.2 Å². The van der Waals surface area contributed by atoms with Gasteiger partial charge in [0, 0.05) is 0 Å². The second-order valence-electron chi connectivity index (χ2n) is 1.77. The molecule has 1 heterocycles. The Balaban J connectivity index is 3.15. The van der Waals surface area contributed by atoms with E-state index in [4.69, 9.17) is 28.3 Å². The lowest BCUT2D eigenvalue weighted by Gasteiger charge is -1.95. The van der Waals surface area contributed by atoms with Crippen molar-refractivity contribution in [1.82, 2.24) is 4.98 Å². The maximum atomic E-state index is 10.3. The molecule has 0 bridgehead atoms. The summed E-state index contributed by atoms with van der Waals surface area (Å²) in [6.45, 7) is 0. The molecular formula is C6H3Cl2NO2. The Kier molecular flexibility index (Phi) is 2.31. The molecule has 1 aromatic rings. The van der Waals surface area contributed by atoms with Gasteiger partial charge in [0.05, 0.1) is 5.02 Å². The maximum absolute atomic E-state index is 10.3. The second-order valence-corrected chi connectivity index (χ2v) is 2.54. The lowest BCUT2D eigenvalue weighted by molar-refractivity contribution is 0.0690. The number of rotatable bonds is 1. The van der Waals surface area contributed by atoms with E-state index in [2.05, 4.69) is 4.98 Å². The van der Waals surface area contributed by atoms with Crippen LogP contribution in [0, 0.1) is 0 Å². The van der Waals surface area contributed by atoms with Crippen LogP contribution in [0.15, 0.2) is 12.1 Å². The van der Waals surface area contributed by atoms with Crippen molar-refractivity contribution in [2.75, 3.05) is 0 Å². The van der Waals surface area contributed by atoms with Gasteiger partial charge in [-0.25, -0.2) is 9.78 Å². The van der Waals surface area contributed by atoms with Gasteiger partial charge in [0.25, 0.3) is 0 Å². The topological polar surface area (TPSA) is 50.2 Å². The van der Waals surface area contributed by atoms with Gasteiger partial charge in [0.1, 0.15) is 10.8 Å². The van der Waals surface area contributed by atoms with E-state index in [1.165, 1.54) is 12.1 Å². The molecule has 11 heavy (non-hydrogen) atoms. The zero-order valence-electron chi connectivity index (χ0n) is 5.21. The Bertz CT molecular complexity index is 301. The molecule has 0 aliphatic carbocycles. The molecule has 1 N–H and O–H groups in total. The zero-order valence-corrected chi connectivity index (χ0v) is 6.73. The molecule has 1 rings (SSSR count). The molecular weight excluding hydrogens is 189 g/mol. The number of nitrogens with zero attached hydrogens (tertiary/aromatic N) is 1. The van der Waals surface area contributed by atoms with E-state index in [1.807, 2.05) is 0 Å². The number of aromatic nitrogens is 1. The summed E-state index contributed by atoms with van der Waals surface area (Å²) in [7, 11) is 0. The SMILES string of the molecule is O=C(O)c1ccc(Cl)c(Cl)n1. The third-order valence-electron chi connectivity index (χ3n) is 1.02. The minimum atomic E-state index is -1.12. The first-order valence-corrected chi connectivity index (χ1v) is 3.42. The minimum absolute atomic E-state index is 0.00608. The van der Waals surface area contributed by atoms with Crippen molar-refractivity contribution < 1.29 is 9.90 Å². The largest absolute Gasteiger partial charge is 0.477 e. The fourth-order valence-electron chi connectivity index (χ4n) is 0.536. The molecule has 0 saturated carbocycles. The quantitative estimate of drug-likeness (QED) is 0.693. The summed E-state index contributed by atoms with van der Waals surface area (Å²) < 4.78 is 0. The highest BCUT2D eigenvalue weighted by Crippen LogP contribution is 2.18. The molecule has 0 spiro atoms. The van der Waals surface area contributed by atoms with Gasteiger partial charge < -0.3 is 5.11 Å². The third-order valence-corrected chi connectivity index (χ3v) is 1.71. The highest BCUT2D eigenvalue weighted by Gasteiger charge is 2.06. The first-order chi connectivity index (χ1) is 5.11. The molecule has 0 aromatic carbocycles. The molecule has 0 aliphatic rings. The summed E-state index contributed by atoms with van der Waals surface area (Å²) in [6.07, 6.45) is 0. The number of pyridine rings is 1. The third kappa shape index (κ3) is 1.82. The van der Waals surface area contributed by atoms with Crippen LogP contribution in [0.5, 0.6) is 0 Å². The van der Waals surface area contributed by atoms with Gasteiger partial charge in [-0.15, -0.1) is 0 Å². The number of hydrogen-bond acceptors (Lipinski definition) is 2. The molecule has 0 atom stereocenters. The molecule has 58 valence electrons. The summed E-state index contributed by atoms with van der Waals surface area (Å²) in [4.78, 5) is 13.8. The Morgan fingerprint density at radius 1 is 1.45 bits per heavy atom. The van der Waals surface area contributed by atoms with Gasteiger partial charge in [0.15, 0.2) is 0 Å². The zero-order chi connectivity index (χ0) is 8.43. The first kappa shape index (κ1) is 8.30. The van der Waals surface area contributed by atoms with Crippen LogP contribution in [0.2, 0.25) is 10.2 Å². The number of carbonyl (C=O) groups is 1. The molecule has 0 unspecified atom stereocenters. The summed E-state index contributed by atoms with van der Waals surface area (Å²) >= 11 is 10.9. The molecule has 0 fully saturated rings. The van der Waals surface area contributed by atoms with Crippen LogP contribution in [-0.4, -0.2) is 16.1 Å². The van der Waals surface area contributed by atoms with E-state index < -0.39 is 5.97 Å². The van der Waals surface area contributed by atoms with E-state index in [1.54, 1.807) is 0 Å². The van der Waals surface area contributed by atoms with Crippen LogP contribution in [-0.2, 0) is 0 Å². The monoisotopic (exact) mass is 191 g/mol. The van der Waals surface area contributed by atoms with Gasteiger partial charge in [-0.2, -0.15) is 0 Å². The van der Waals surface area contributed by atoms with Crippen molar-refractivity contribution in [3.8, 4) is 0 Å². The lowest BCUT2D eigenvalue weighted by Crippen LogP contribution is -1.99. The fourth-order valence-corrected chi connectivity index (χ4v) is 0.796. The normalized spacial score (nSPS) is 9.64. The van der Waals surface area contributed by atoms with E-state index >= 15 is 0 Å². The van der Waals surface area contributed by atoms with Crippen LogP contribution < -0.4 is 0 Å². The van der Waals surface area contributed by atoms with Crippen LogP contribution in [0.3, 0.4) is 0 Å². The smallest absolute Gasteiger partial charge is 0.354 e. The molecule has 1 aromatic heterocycles. The molecule has 5 heteroatoms. The Morgan fingerprint density at radius 3 is 2.55 bits per heavy atom. The van der Waals surface area contributed by atoms with Gasteiger partial charge in [-0.05, 0) is 12.1 Å². The van der Waals surface area contributed by atoms with Gasteiger partial charge in [0.2, 0.25) is 0 Å². The summed E-state index contributed by atoms with van der Waals surface area (Å²) in [6, 6.07) is 2.68. The average Bonchev–Trinajstić information content (AvgIpc) is 1.94. The highest BCUT2D eigenvalue weighted by atomic mass is 35.5. The van der Waals surface area contributed by atoms with Crippen LogP contribution in [0.4, 0.5) is 0 Å². The number of carboxylic acids is 1. The molecule has 3 nitrogen and oxygen atoms in total. The fraction of sp³-hybridized carbons (Fsp3) is 0. The number of hydrogen-bond donors (Lipinski definition) is 1. The van der Waals surface area contributed by atoms with Gasteiger partial charge in [-0.1, -0.05) is 23.2 Å². The Hall–Kier alpha value is -0.800. The summed E-state index contributed by atoms with van der Waals surface area (Å²) in [5.41, 5.74) is -0.112. The number of halogens is 2. The van der Waals surface area contributed by atoms with Crippen LogP contribution in [0.25, 0.3) is 0 Å². The van der Waals surface area contributed by atoms with E-state index in [-0.39, 0.29) is 15.9 Å². The summed E-state index contributed by atoms with van der Waals surface area (Å²) in [5, 5.41) is 8.69. The van der Waals surface area contributed by atoms with E-state index in [0.29, 0.717) is 0 Å².